The summed E-state index contributed by atoms with van der Waals surface area (Å²) in [4.78, 5) is 23.3. The Hall–Kier alpha value is -1.40. The van der Waals surface area contributed by atoms with Gasteiger partial charge in [0, 0.05) is 12.3 Å². The lowest BCUT2D eigenvalue weighted by atomic mass is 9.76. The summed E-state index contributed by atoms with van der Waals surface area (Å²) < 4.78 is 5.99. The Morgan fingerprint density at radius 2 is 1.89 bits per heavy atom. The third kappa shape index (κ3) is 7.92. The van der Waals surface area contributed by atoms with Crippen LogP contribution in [0.3, 0.4) is 0 Å². The second kappa shape index (κ2) is 11.6. The van der Waals surface area contributed by atoms with Crippen molar-refractivity contribution in [1.82, 2.24) is 0 Å². The first-order valence-corrected chi connectivity index (χ1v) is 10.6. The van der Waals surface area contributed by atoms with Gasteiger partial charge in [-0.1, -0.05) is 38.8 Å². The number of carbonyl (C=O) groups is 2. The van der Waals surface area contributed by atoms with Gasteiger partial charge in [0.1, 0.15) is 6.10 Å². The van der Waals surface area contributed by atoms with Crippen LogP contribution < -0.4 is 0 Å². The highest BCUT2D eigenvalue weighted by Gasteiger charge is 2.37. The molecule has 0 aromatic carbocycles. The molecule has 162 valence electrons. The highest BCUT2D eigenvalue weighted by Crippen LogP contribution is 2.37. The molecule has 1 rings (SSSR count). The minimum Gasteiger partial charge on any atom is -0.481 e. The van der Waals surface area contributed by atoms with Crippen LogP contribution in [0.15, 0.2) is 12.2 Å². The standard InChI is InChI=1S/C22H38O6/c1-5-8-15-9-7-10-16(20(15)28-21(27)22(3,4)6-2)11-12-17(23)13-18(24)14-19(25)26/h11-12,15-18,20,23-24H,5-10,13-14H2,1-4H3,(H,25,26)/t15-,16-,17-,18-,20+/m1/s1. The SMILES string of the molecule is CCC[C@@H]1CCC[C@H](C=C[C@@H](O)C[C@@H](O)CC(=O)O)[C@H]1OC(=O)C(C)(C)CC. The monoisotopic (exact) mass is 398 g/mol. The van der Waals surface area contributed by atoms with E-state index in [1.165, 1.54) is 0 Å². The van der Waals surface area contributed by atoms with Crippen molar-refractivity contribution in [2.45, 2.75) is 97.4 Å². The van der Waals surface area contributed by atoms with Crippen molar-refractivity contribution in [3.63, 3.8) is 0 Å². The molecule has 0 aromatic rings. The molecule has 0 saturated heterocycles. The van der Waals surface area contributed by atoms with Gasteiger partial charge in [0.15, 0.2) is 0 Å². The van der Waals surface area contributed by atoms with E-state index in [0.29, 0.717) is 12.3 Å². The van der Waals surface area contributed by atoms with Crippen LogP contribution in [0.25, 0.3) is 0 Å². The summed E-state index contributed by atoms with van der Waals surface area (Å²) in [6.07, 6.45) is 6.53. The van der Waals surface area contributed by atoms with Gasteiger partial charge >= 0.3 is 11.9 Å². The molecule has 0 radical (unpaired) electrons. The number of carbonyl (C=O) groups excluding carboxylic acids is 1. The van der Waals surface area contributed by atoms with Gasteiger partial charge in [0.25, 0.3) is 0 Å². The average Bonchev–Trinajstić information content (AvgIpc) is 2.61. The lowest BCUT2D eigenvalue weighted by molar-refractivity contribution is -0.167. The van der Waals surface area contributed by atoms with E-state index in [1.807, 2.05) is 26.8 Å². The Balaban J connectivity index is 2.83. The molecule has 6 heteroatoms. The van der Waals surface area contributed by atoms with Gasteiger partial charge in [-0.2, -0.15) is 0 Å². The molecule has 1 aliphatic carbocycles. The van der Waals surface area contributed by atoms with E-state index in [4.69, 9.17) is 9.84 Å². The molecule has 0 heterocycles. The molecular formula is C22H38O6. The summed E-state index contributed by atoms with van der Waals surface area (Å²) in [5, 5.41) is 28.5. The van der Waals surface area contributed by atoms with E-state index >= 15 is 0 Å². The number of ether oxygens (including phenoxy) is 1. The first kappa shape index (κ1) is 24.6. The molecule has 6 nitrogen and oxygen atoms in total. The molecule has 1 saturated carbocycles. The summed E-state index contributed by atoms with van der Waals surface area (Å²) >= 11 is 0. The average molecular weight is 399 g/mol. The maximum Gasteiger partial charge on any atom is 0.311 e. The molecular weight excluding hydrogens is 360 g/mol. The molecule has 5 atom stereocenters. The van der Waals surface area contributed by atoms with Crippen LogP contribution in [0.2, 0.25) is 0 Å². The van der Waals surface area contributed by atoms with Crippen LogP contribution in [-0.4, -0.2) is 45.6 Å². The quantitative estimate of drug-likeness (QED) is 0.362. The molecule has 0 amide bonds. The highest BCUT2D eigenvalue weighted by molar-refractivity contribution is 5.76. The van der Waals surface area contributed by atoms with E-state index in [-0.39, 0.29) is 30.8 Å². The molecule has 0 bridgehead atoms. The third-order valence-electron chi connectivity index (χ3n) is 5.84. The molecule has 0 aromatic heterocycles. The first-order chi connectivity index (χ1) is 13.1. The topological polar surface area (TPSA) is 104 Å². The normalized spacial score (nSPS) is 25.4. The van der Waals surface area contributed by atoms with Crippen LogP contribution in [0.5, 0.6) is 0 Å². The van der Waals surface area contributed by atoms with Crippen molar-refractivity contribution in [3.05, 3.63) is 12.2 Å². The van der Waals surface area contributed by atoms with Gasteiger partial charge in [-0.25, -0.2) is 0 Å². The molecule has 0 unspecified atom stereocenters. The summed E-state index contributed by atoms with van der Waals surface area (Å²) in [6, 6.07) is 0. The van der Waals surface area contributed by atoms with Crippen LogP contribution in [-0.2, 0) is 14.3 Å². The number of aliphatic hydroxyl groups is 2. The smallest absolute Gasteiger partial charge is 0.311 e. The number of hydrogen-bond acceptors (Lipinski definition) is 5. The summed E-state index contributed by atoms with van der Waals surface area (Å²) in [5.74, 6) is -0.948. The molecule has 0 aliphatic heterocycles. The van der Waals surface area contributed by atoms with E-state index < -0.39 is 23.6 Å². The molecule has 0 spiro atoms. The fourth-order valence-corrected chi connectivity index (χ4v) is 3.70. The van der Waals surface area contributed by atoms with Gasteiger partial charge in [0.05, 0.1) is 24.0 Å². The Bertz CT molecular complexity index is 525. The predicted octanol–water partition coefficient (Wildman–Crippen LogP) is 3.69. The second-order valence-electron chi connectivity index (χ2n) is 8.69. The van der Waals surface area contributed by atoms with Gasteiger partial charge in [-0.3, -0.25) is 9.59 Å². The number of carboxylic acid groups (broad SMARTS) is 1. The van der Waals surface area contributed by atoms with Gasteiger partial charge in [-0.15, -0.1) is 0 Å². The molecule has 3 N–H and O–H groups in total. The minimum atomic E-state index is -1.09. The van der Waals surface area contributed by atoms with E-state index in [1.54, 1.807) is 6.08 Å². The first-order valence-electron chi connectivity index (χ1n) is 10.6. The minimum absolute atomic E-state index is 0.0215. The Labute approximate surface area is 169 Å². The van der Waals surface area contributed by atoms with E-state index in [9.17, 15) is 19.8 Å². The molecule has 28 heavy (non-hydrogen) atoms. The maximum atomic E-state index is 12.7. The van der Waals surface area contributed by atoms with Gasteiger partial charge < -0.3 is 20.1 Å². The fraction of sp³-hybridized carbons (Fsp3) is 0.818. The zero-order valence-corrected chi connectivity index (χ0v) is 17.8. The van der Waals surface area contributed by atoms with Gasteiger partial charge in [-0.05, 0) is 45.4 Å². The van der Waals surface area contributed by atoms with Crippen molar-refractivity contribution >= 4 is 11.9 Å². The number of aliphatic hydroxyl groups excluding tert-OH is 2. The lowest BCUT2D eigenvalue weighted by Crippen LogP contribution is -2.40. The van der Waals surface area contributed by atoms with Crippen molar-refractivity contribution in [1.29, 1.82) is 0 Å². The Kier molecular flexibility index (Phi) is 10.2. The lowest BCUT2D eigenvalue weighted by Gasteiger charge is -2.38. The van der Waals surface area contributed by atoms with Gasteiger partial charge in [0.2, 0.25) is 0 Å². The number of aliphatic carboxylic acids is 1. The van der Waals surface area contributed by atoms with Crippen LogP contribution in [0, 0.1) is 17.3 Å². The second-order valence-corrected chi connectivity index (χ2v) is 8.69. The Morgan fingerprint density at radius 1 is 1.21 bits per heavy atom. The number of rotatable bonds is 11. The van der Waals surface area contributed by atoms with Crippen molar-refractivity contribution in [2.24, 2.45) is 17.3 Å². The zero-order valence-electron chi connectivity index (χ0n) is 17.8. The largest absolute Gasteiger partial charge is 0.481 e. The Morgan fingerprint density at radius 3 is 2.46 bits per heavy atom. The highest BCUT2D eigenvalue weighted by atomic mass is 16.5. The summed E-state index contributed by atoms with van der Waals surface area (Å²) in [7, 11) is 0. The maximum absolute atomic E-state index is 12.7. The number of hydrogen-bond donors (Lipinski definition) is 3. The number of esters is 1. The zero-order chi connectivity index (χ0) is 21.3. The number of carboxylic acids is 1. The fourth-order valence-electron chi connectivity index (χ4n) is 3.70. The van der Waals surface area contributed by atoms with Crippen molar-refractivity contribution in [3.8, 4) is 0 Å². The van der Waals surface area contributed by atoms with E-state index in [2.05, 4.69) is 6.92 Å². The molecule has 1 aliphatic rings. The predicted molar refractivity (Wildman–Crippen MR) is 108 cm³/mol. The van der Waals surface area contributed by atoms with Crippen LogP contribution in [0.1, 0.15) is 79.1 Å². The van der Waals surface area contributed by atoms with Crippen molar-refractivity contribution < 1.29 is 29.6 Å². The van der Waals surface area contributed by atoms with Crippen molar-refractivity contribution in [2.75, 3.05) is 0 Å². The third-order valence-corrected chi connectivity index (χ3v) is 5.84. The van der Waals surface area contributed by atoms with E-state index in [0.717, 1.165) is 32.1 Å². The summed E-state index contributed by atoms with van der Waals surface area (Å²) in [6.45, 7) is 7.89. The van der Waals surface area contributed by atoms with Crippen LogP contribution in [0.4, 0.5) is 0 Å². The van der Waals surface area contributed by atoms with Crippen LogP contribution >= 0.6 is 0 Å². The molecule has 1 fully saturated rings. The summed E-state index contributed by atoms with van der Waals surface area (Å²) in [5.41, 5.74) is -0.525.